The van der Waals surface area contributed by atoms with Crippen LogP contribution in [-0.4, -0.2) is 52.4 Å². The van der Waals surface area contributed by atoms with E-state index in [1.165, 1.54) is 0 Å². The molecule has 32 heavy (non-hydrogen) atoms. The van der Waals surface area contributed by atoms with E-state index in [2.05, 4.69) is 15.7 Å². The summed E-state index contributed by atoms with van der Waals surface area (Å²) in [6.07, 6.45) is 8.83. The van der Waals surface area contributed by atoms with Gasteiger partial charge < -0.3 is 20.5 Å². The summed E-state index contributed by atoms with van der Waals surface area (Å²) in [4.78, 5) is 33.4. The second-order valence-electron chi connectivity index (χ2n) is 7.96. The first-order chi connectivity index (χ1) is 15.6. The highest BCUT2D eigenvalue weighted by Gasteiger charge is 2.27. The fourth-order valence-electron chi connectivity index (χ4n) is 4.14. The summed E-state index contributed by atoms with van der Waals surface area (Å²) < 4.78 is 7.42. The third kappa shape index (κ3) is 6.57. The summed E-state index contributed by atoms with van der Waals surface area (Å²) in [5, 5.41) is 17.2. The predicted octanol–water partition coefficient (Wildman–Crippen LogP) is 2.01. The molecule has 1 aromatic carbocycles. The molecule has 0 atom stereocenters. The van der Waals surface area contributed by atoms with Gasteiger partial charge in [-0.3, -0.25) is 19.1 Å². The summed E-state index contributed by atoms with van der Waals surface area (Å²) in [7, 11) is 0. The molecular weight excluding hydrogens is 412 g/mol. The van der Waals surface area contributed by atoms with Crippen molar-refractivity contribution in [3.05, 3.63) is 47.8 Å². The van der Waals surface area contributed by atoms with E-state index in [4.69, 9.17) is 14.6 Å². The van der Waals surface area contributed by atoms with Crippen molar-refractivity contribution in [3.8, 4) is 5.75 Å². The lowest BCUT2D eigenvalue weighted by Crippen LogP contribution is -2.41. The lowest BCUT2D eigenvalue weighted by atomic mass is 9.85. The van der Waals surface area contributed by atoms with Crippen LogP contribution in [0.2, 0.25) is 0 Å². The average molecular weight is 443 g/mol. The van der Waals surface area contributed by atoms with Crippen LogP contribution < -0.4 is 15.4 Å². The number of ether oxygens (including phenoxy) is 1. The third-order valence-corrected chi connectivity index (χ3v) is 5.80. The number of hydrogen-bond donors (Lipinski definition) is 3. The van der Waals surface area contributed by atoms with E-state index in [0.29, 0.717) is 18.7 Å². The first-order valence-corrected chi connectivity index (χ1v) is 11.0. The Labute approximate surface area is 187 Å². The van der Waals surface area contributed by atoms with Crippen LogP contribution in [0.25, 0.3) is 0 Å². The molecule has 1 aliphatic heterocycles. The van der Waals surface area contributed by atoms with Crippen LogP contribution >= 0.6 is 0 Å². The van der Waals surface area contributed by atoms with Gasteiger partial charge in [0.2, 0.25) is 5.91 Å². The number of hydrogen-bond acceptors (Lipinski definition) is 5. The van der Waals surface area contributed by atoms with Crippen LogP contribution in [0.5, 0.6) is 5.75 Å². The number of aromatic nitrogens is 2. The fraction of sp³-hybridized carbons (Fsp3) is 0.478. The Morgan fingerprint density at radius 1 is 1.25 bits per heavy atom. The molecule has 2 aromatic rings. The number of fused-ring (bicyclic) bond motifs is 1. The van der Waals surface area contributed by atoms with Crippen LogP contribution in [0.4, 0.5) is 0 Å². The maximum atomic E-state index is 12.6. The standard InChI is InChI=1S/C22H28N4O3.CH2O2/c27-21(23-11-13-26-12-2-10-24-26)16-4-7-19(8-5-16)25-22(28)18-6-9-20-17(15-18)3-1-14-29-20;2-1-3/h2,6,9-10,12,15-16,19H,1,3-5,7-8,11,13-14H2,(H,23,27)(H,25,28);1H,(H,2,3). The Kier molecular flexibility index (Phi) is 8.65. The van der Waals surface area contributed by atoms with Crippen molar-refractivity contribution < 1.29 is 24.2 Å². The molecule has 4 rings (SSSR count). The smallest absolute Gasteiger partial charge is 0.290 e. The number of nitrogens with one attached hydrogen (secondary N) is 2. The molecule has 9 heteroatoms. The molecule has 9 nitrogen and oxygen atoms in total. The topological polar surface area (TPSA) is 123 Å². The van der Waals surface area contributed by atoms with Gasteiger partial charge in [0, 0.05) is 36.5 Å². The minimum atomic E-state index is -0.250. The Hall–Kier alpha value is -3.36. The van der Waals surface area contributed by atoms with E-state index in [1.54, 1.807) is 10.9 Å². The van der Waals surface area contributed by atoms with Crippen molar-refractivity contribution >= 4 is 18.3 Å². The molecule has 2 aliphatic rings. The predicted molar refractivity (Wildman–Crippen MR) is 117 cm³/mol. The highest BCUT2D eigenvalue weighted by molar-refractivity contribution is 5.94. The average Bonchev–Trinajstić information content (AvgIpc) is 3.33. The Bertz CT molecular complexity index is 892. The van der Waals surface area contributed by atoms with E-state index in [-0.39, 0.29) is 30.2 Å². The van der Waals surface area contributed by atoms with Crippen molar-refractivity contribution in [2.75, 3.05) is 13.2 Å². The van der Waals surface area contributed by atoms with Gasteiger partial charge in [-0.05, 0) is 68.4 Å². The first kappa shape index (κ1) is 23.3. The molecule has 0 radical (unpaired) electrons. The SMILES string of the molecule is O=C(NC1CCC(C(=O)NCCn2cccn2)CC1)c1ccc2c(c1)CCCO2.O=CO. The van der Waals surface area contributed by atoms with E-state index in [9.17, 15) is 9.59 Å². The van der Waals surface area contributed by atoms with Gasteiger partial charge in [0.1, 0.15) is 5.75 Å². The monoisotopic (exact) mass is 442 g/mol. The quantitative estimate of drug-likeness (QED) is 0.588. The Morgan fingerprint density at radius 3 is 2.75 bits per heavy atom. The van der Waals surface area contributed by atoms with E-state index in [0.717, 1.165) is 56.4 Å². The van der Waals surface area contributed by atoms with Crippen LogP contribution in [0.1, 0.15) is 48.0 Å². The maximum absolute atomic E-state index is 12.6. The van der Waals surface area contributed by atoms with E-state index < -0.39 is 0 Å². The summed E-state index contributed by atoms with van der Waals surface area (Å²) >= 11 is 0. The van der Waals surface area contributed by atoms with Crippen LogP contribution in [0.15, 0.2) is 36.7 Å². The first-order valence-electron chi connectivity index (χ1n) is 11.0. The lowest BCUT2D eigenvalue weighted by molar-refractivity contribution is -0.126. The number of nitrogens with zero attached hydrogens (tertiary/aromatic N) is 2. The number of carbonyl (C=O) groups is 3. The Morgan fingerprint density at radius 2 is 2.03 bits per heavy atom. The molecule has 1 aliphatic carbocycles. The van der Waals surface area contributed by atoms with Gasteiger partial charge >= 0.3 is 0 Å². The normalized spacial score (nSPS) is 19.4. The van der Waals surface area contributed by atoms with Gasteiger partial charge in [-0.1, -0.05) is 0 Å². The van der Waals surface area contributed by atoms with E-state index >= 15 is 0 Å². The minimum absolute atomic E-state index is 0.0293. The molecule has 0 saturated heterocycles. The van der Waals surface area contributed by atoms with Gasteiger partial charge in [0.25, 0.3) is 12.4 Å². The molecule has 3 N–H and O–H groups in total. The molecule has 2 heterocycles. The highest BCUT2D eigenvalue weighted by atomic mass is 16.5. The molecule has 0 unspecified atom stereocenters. The number of benzene rings is 1. The van der Waals surface area contributed by atoms with Gasteiger partial charge in [-0.2, -0.15) is 5.10 Å². The van der Waals surface area contributed by atoms with Gasteiger partial charge in [0.15, 0.2) is 0 Å². The van der Waals surface area contributed by atoms with Crippen molar-refractivity contribution in [3.63, 3.8) is 0 Å². The molecule has 172 valence electrons. The van der Waals surface area contributed by atoms with Crippen LogP contribution in [0.3, 0.4) is 0 Å². The summed E-state index contributed by atoms with van der Waals surface area (Å²) in [6, 6.07) is 7.67. The molecule has 2 amide bonds. The second kappa shape index (κ2) is 11.9. The number of aryl methyl sites for hydroxylation is 1. The molecule has 1 saturated carbocycles. The maximum Gasteiger partial charge on any atom is 0.290 e. The van der Waals surface area contributed by atoms with Gasteiger partial charge in [0.05, 0.1) is 13.2 Å². The zero-order valence-corrected chi connectivity index (χ0v) is 18.0. The van der Waals surface area contributed by atoms with Crippen molar-refractivity contribution in [1.29, 1.82) is 0 Å². The zero-order valence-electron chi connectivity index (χ0n) is 18.0. The molecule has 0 bridgehead atoms. The third-order valence-electron chi connectivity index (χ3n) is 5.80. The van der Waals surface area contributed by atoms with E-state index in [1.807, 2.05) is 30.5 Å². The summed E-state index contributed by atoms with van der Waals surface area (Å²) in [5.74, 6) is 0.996. The van der Waals surface area contributed by atoms with Crippen LogP contribution in [0, 0.1) is 5.92 Å². The number of rotatable bonds is 6. The largest absolute Gasteiger partial charge is 0.493 e. The lowest BCUT2D eigenvalue weighted by Gasteiger charge is -2.28. The van der Waals surface area contributed by atoms with Crippen molar-refractivity contribution in [2.45, 2.75) is 51.1 Å². The van der Waals surface area contributed by atoms with Gasteiger partial charge in [-0.25, -0.2) is 0 Å². The van der Waals surface area contributed by atoms with Crippen LogP contribution in [-0.2, 0) is 22.6 Å². The number of carboxylic acid groups (broad SMARTS) is 1. The highest BCUT2D eigenvalue weighted by Crippen LogP contribution is 2.27. The fourth-order valence-corrected chi connectivity index (χ4v) is 4.14. The summed E-state index contributed by atoms with van der Waals surface area (Å²) in [6.45, 7) is 1.76. The Balaban J connectivity index is 0.000000913. The van der Waals surface area contributed by atoms with Crippen molar-refractivity contribution in [1.82, 2.24) is 20.4 Å². The second-order valence-corrected chi connectivity index (χ2v) is 7.96. The molecule has 1 aromatic heterocycles. The number of amides is 2. The molecule has 0 spiro atoms. The minimum Gasteiger partial charge on any atom is -0.493 e. The molecule has 1 fully saturated rings. The summed E-state index contributed by atoms with van der Waals surface area (Å²) in [5.41, 5.74) is 1.80. The van der Waals surface area contributed by atoms with Crippen molar-refractivity contribution in [2.24, 2.45) is 5.92 Å². The zero-order chi connectivity index (χ0) is 22.8. The molecular formula is C23H30N4O5. The van der Waals surface area contributed by atoms with Gasteiger partial charge in [-0.15, -0.1) is 0 Å². The number of carbonyl (C=O) groups excluding carboxylic acids is 2.